The van der Waals surface area contributed by atoms with E-state index < -0.39 is 0 Å². The molecule has 2 N–H and O–H groups in total. The molecule has 5 heteroatoms. The van der Waals surface area contributed by atoms with E-state index in [1.165, 1.54) is 11.1 Å². The fraction of sp³-hybridized carbons (Fsp3) is 0.250. The van der Waals surface area contributed by atoms with Gasteiger partial charge in [0.15, 0.2) is 0 Å². The number of aryl methyl sites for hydroxylation is 2. The van der Waals surface area contributed by atoms with E-state index in [9.17, 15) is 4.79 Å². The van der Waals surface area contributed by atoms with Gasteiger partial charge in [-0.25, -0.2) is 4.98 Å². The fourth-order valence-corrected chi connectivity index (χ4v) is 2.65. The number of anilines is 2. The van der Waals surface area contributed by atoms with Crippen molar-refractivity contribution >= 4 is 29.8 Å². The summed E-state index contributed by atoms with van der Waals surface area (Å²) in [4.78, 5) is 18.5. The van der Waals surface area contributed by atoms with E-state index in [2.05, 4.69) is 18.0 Å². The summed E-state index contributed by atoms with van der Waals surface area (Å²) in [6, 6.07) is 11.4. The fourth-order valence-electron chi connectivity index (χ4n) is 2.65. The topological polar surface area (TPSA) is 59.2 Å². The molecule has 1 aliphatic heterocycles. The molecule has 2 heterocycles. The second-order valence-electron chi connectivity index (χ2n) is 5.14. The number of nitrogens with zero attached hydrogens (tertiary/aromatic N) is 2. The van der Waals surface area contributed by atoms with E-state index in [4.69, 9.17) is 5.73 Å². The standard InChI is InChI=1S/C16H17N3O.ClH/c1-11-7-8-14-12(10-11)4-3-9-19(14)16(20)13-5-2-6-15(17)18-13;/h2,5-8,10H,3-4,9H2,1H3,(H2,17,18);1H. The third kappa shape index (κ3) is 3.00. The Labute approximate surface area is 130 Å². The van der Waals surface area contributed by atoms with Crippen LogP contribution in [-0.4, -0.2) is 17.4 Å². The maximum absolute atomic E-state index is 12.6. The van der Waals surface area contributed by atoms with Crippen LogP contribution in [0.1, 0.15) is 28.0 Å². The summed E-state index contributed by atoms with van der Waals surface area (Å²) in [5.41, 5.74) is 9.51. The number of benzene rings is 1. The van der Waals surface area contributed by atoms with Crippen molar-refractivity contribution in [2.45, 2.75) is 19.8 Å². The highest BCUT2D eigenvalue weighted by Crippen LogP contribution is 2.29. The van der Waals surface area contributed by atoms with Gasteiger partial charge in [-0.05, 0) is 43.5 Å². The van der Waals surface area contributed by atoms with Crippen molar-refractivity contribution in [3.8, 4) is 0 Å². The highest BCUT2D eigenvalue weighted by atomic mass is 35.5. The van der Waals surface area contributed by atoms with E-state index in [0.717, 1.165) is 25.1 Å². The Morgan fingerprint density at radius 2 is 2.10 bits per heavy atom. The zero-order valence-corrected chi connectivity index (χ0v) is 12.7. The summed E-state index contributed by atoms with van der Waals surface area (Å²) in [6.07, 6.45) is 2.00. The molecule has 0 unspecified atom stereocenters. The highest BCUT2D eigenvalue weighted by molar-refractivity contribution is 6.05. The van der Waals surface area contributed by atoms with E-state index in [1.54, 1.807) is 23.1 Å². The number of nitrogens with two attached hydrogens (primary N) is 1. The summed E-state index contributed by atoms with van der Waals surface area (Å²) in [7, 11) is 0. The summed E-state index contributed by atoms with van der Waals surface area (Å²) in [6.45, 7) is 2.80. The van der Waals surface area contributed by atoms with Gasteiger partial charge in [0.1, 0.15) is 11.5 Å². The Kier molecular flexibility index (Phi) is 4.48. The molecule has 2 aromatic rings. The number of aromatic nitrogens is 1. The van der Waals surface area contributed by atoms with E-state index in [1.807, 2.05) is 12.1 Å². The van der Waals surface area contributed by atoms with Crippen LogP contribution >= 0.6 is 12.4 Å². The zero-order chi connectivity index (χ0) is 14.1. The minimum atomic E-state index is -0.0814. The Hall–Kier alpha value is -2.07. The largest absolute Gasteiger partial charge is 0.384 e. The van der Waals surface area contributed by atoms with Crippen molar-refractivity contribution < 1.29 is 4.79 Å². The normalized spacial score (nSPS) is 13.3. The number of hydrogen-bond acceptors (Lipinski definition) is 3. The van der Waals surface area contributed by atoms with E-state index >= 15 is 0 Å². The van der Waals surface area contributed by atoms with Gasteiger partial charge in [0.25, 0.3) is 5.91 Å². The predicted molar refractivity (Wildman–Crippen MR) is 87.1 cm³/mol. The Bertz CT molecular complexity index is 672. The molecule has 1 aliphatic rings. The van der Waals surface area contributed by atoms with Gasteiger partial charge in [-0.3, -0.25) is 4.79 Å². The van der Waals surface area contributed by atoms with Gasteiger partial charge in [-0.1, -0.05) is 23.8 Å². The Balaban J connectivity index is 0.00000161. The van der Waals surface area contributed by atoms with Crippen LogP contribution in [0.5, 0.6) is 0 Å². The number of carbonyl (C=O) groups excluding carboxylic acids is 1. The van der Waals surface area contributed by atoms with Crippen molar-refractivity contribution in [1.29, 1.82) is 0 Å². The SMILES string of the molecule is Cc1ccc2c(c1)CCCN2C(=O)c1cccc(N)n1.Cl. The number of halogens is 1. The summed E-state index contributed by atoms with van der Waals surface area (Å²) < 4.78 is 0. The molecule has 21 heavy (non-hydrogen) atoms. The first kappa shape index (κ1) is 15.3. The molecule has 1 amide bonds. The lowest BCUT2D eigenvalue weighted by molar-refractivity contribution is 0.0980. The number of fused-ring (bicyclic) bond motifs is 1. The second kappa shape index (κ2) is 6.14. The van der Waals surface area contributed by atoms with Gasteiger partial charge in [-0.2, -0.15) is 0 Å². The maximum atomic E-state index is 12.6. The molecule has 0 aliphatic carbocycles. The number of rotatable bonds is 1. The average molecular weight is 304 g/mol. The summed E-state index contributed by atoms with van der Waals surface area (Å²) in [5, 5.41) is 0. The van der Waals surface area contributed by atoms with Crippen LogP contribution in [0.3, 0.4) is 0 Å². The molecule has 3 rings (SSSR count). The van der Waals surface area contributed by atoms with Crippen LogP contribution in [-0.2, 0) is 6.42 Å². The zero-order valence-electron chi connectivity index (χ0n) is 11.9. The molecule has 110 valence electrons. The Morgan fingerprint density at radius 3 is 2.86 bits per heavy atom. The molecule has 0 bridgehead atoms. The quantitative estimate of drug-likeness (QED) is 0.881. The smallest absolute Gasteiger partial charge is 0.276 e. The molecule has 0 spiro atoms. The van der Waals surface area contributed by atoms with Crippen LogP contribution in [0.4, 0.5) is 11.5 Å². The van der Waals surface area contributed by atoms with Gasteiger partial charge in [0.2, 0.25) is 0 Å². The monoisotopic (exact) mass is 303 g/mol. The maximum Gasteiger partial charge on any atom is 0.276 e. The lowest BCUT2D eigenvalue weighted by Crippen LogP contribution is -2.36. The molecule has 0 atom stereocenters. The van der Waals surface area contributed by atoms with Crippen molar-refractivity contribution in [2.75, 3.05) is 17.2 Å². The highest BCUT2D eigenvalue weighted by Gasteiger charge is 2.24. The first-order chi connectivity index (χ1) is 9.65. The molecule has 0 fully saturated rings. The molecular formula is C16H18ClN3O. The Morgan fingerprint density at radius 1 is 1.29 bits per heavy atom. The third-order valence-corrected chi connectivity index (χ3v) is 3.59. The van der Waals surface area contributed by atoms with Crippen LogP contribution in [0, 0.1) is 6.92 Å². The van der Waals surface area contributed by atoms with Gasteiger partial charge in [0.05, 0.1) is 0 Å². The number of hydrogen-bond donors (Lipinski definition) is 1. The molecule has 0 saturated carbocycles. The second-order valence-corrected chi connectivity index (χ2v) is 5.14. The van der Waals surface area contributed by atoms with Crippen LogP contribution in [0.15, 0.2) is 36.4 Å². The first-order valence-electron chi connectivity index (χ1n) is 6.79. The van der Waals surface area contributed by atoms with Crippen molar-refractivity contribution in [2.24, 2.45) is 0 Å². The van der Waals surface area contributed by atoms with Crippen LogP contribution in [0.2, 0.25) is 0 Å². The minimum Gasteiger partial charge on any atom is -0.384 e. The van der Waals surface area contributed by atoms with Gasteiger partial charge in [-0.15, -0.1) is 12.4 Å². The van der Waals surface area contributed by atoms with Crippen LogP contribution in [0.25, 0.3) is 0 Å². The molecule has 4 nitrogen and oxygen atoms in total. The van der Waals surface area contributed by atoms with Crippen molar-refractivity contribution in [3.05, 3.63) is 53.2 Å². The molecule has 1 aromatic heterocycles. The van der Waals surface area contributed by atoms with Crippen molar-refractivity contribution in [1.82, 2.24) is 4.98 Å². The number of pyridine rings is 1. The summed E-state index contributed by atoms with van der Waals surface area (Å²) >= 11 is 0. The average Bonchev–Trinajstić information content (AvgIpc) is 2.45. The van der Waals surface area contributed by atoms with Gasteiger partial charge < -0.3 is 10.6 Å². The predicted octanol–water partition coefficient (Wildman–Crippen LogP) is 2.99. The molecular weight excluding hydrogens is 286 g/mol. The lowest BCUT2D eigenvalue weighted by Gasteiger charge is -2.29. The van der Waals surface area contributed by atoms with E-state index in [-0.39, 0.29) is 18.3 Å². The van der Waals surface area contributed by atoms with E-state index in [0.29, 0.717) is 11.5 Å². The molecule has 0 saturated heterocycles. The van der Waals surface area contributed by atoms with Gasteiger partial charge >= 0.3 is 0 Å². The van der Waals surface area contributed by atoms with Crippen molar-refractivity contribution in [3.63, 3.8) is 0 Å². The van der Waals surface area contributed by atoms with Crippen LogP contribution < -0.4 is 10.6 Å². The summed E-state index contributed by atoms with van der Waals surface area (Å²) in [5.74, 6) is 0.291. The minimum absolute atomic E-state index is 0. The number of amides is 1. The lowest BCUT2D eigenvalue weighted by atomic mass is 9.99. The molecule has 0 radical (unpaired) electrons. The van der Waals surface area contributed by atoms with Gasteiger partial charge in [0, 0.05) is 12.2 Å². The number of carbonyl (C=O) groups is 1. The molecule has 1 aromatic carbocycles. The first-order valence-corrected chi connectivity index (χ1v) is 6.79. The number of nitrogen functional groups attached to an aromatic ring is 1. The third-order valence-electron chi connectivity index (χ3n) is 3.59.